The largest absolute Gasteiger partial charge is 0.548 e. The number of rotatable bonds is 7. The van der Waals surface area contributed by atoms with Crippen LogP contribution in [0.2, 0.25) is 0 Å². The zero-order chi connectivity index (χ0) is 22.1. The molecule has 1 aliphatic heterocycles. The number of ketones is 1. The molecule has 0 fully saturated rings. The van der Waals surface area contributed by atoms with Crippen LogP contribution >= 0.6 is 10.5 Å². The number of pyridine rings is 1. The van der Waals surface area contributed by atoms with Gasteiger partial charge in [-0.15, -0.1) is 0 Å². The van der Waals surface area contributed by atoms with Gasteiger partial charge in [-0.3, -0.25) is 14.6 Å². The van der Waals surface area contributed by atoms with Gasteiger partial charge in [0.1, 0.15) is 11.1 Å². The molecule has 0 saturated heterocycles. The normalized spacial score (nSPS) is 16.9. The summed E-state index contributed by atoms with van der Waals surface area (Å²) in [5.41, 5.74) is 2.06. The standard InChI is InChI=1S/C23H28N2O4S/c1-5-10-30-14-17(15-8-7-9-24-12-15)16-11-18(22(28)29)25(13-19(16)30)21(27)20(26)23(3,4)6-2/h7-9,12,14,18H,5-6,10-11,13H2,1-4H3. The Bertz CT molecular complexity index is 965. The van der Waals surface area contributed by atoms with Crippen LogP contribution in [0.5, 0.6) is 0 Å². The van der Waals surface area contributed by atoms with E-state index >= 15 is 0 Å². The van der Waals surface area contributed by atoms with Crippen LogP contribution in [0.1, 0.15) is 51.0 Å². The molecule has 0 spiro atoms. The second-order valence-electron chi connectivity index (χ2n) is 8.35. The van der Waals surface area contributed by atoms with Crippen LogP contribution in [0.25, 0.3) is 11.1 Å². The number of hydrogen-bond donors (Lipinski definition) is 0. The van der Waals surface area contributed by atoms with Crippen LogP contribution in [0.3, 0.4) is 0 Å². The maximum absolute atomic E-state index is 13.1. The van der Waals surface area contributed by atoms with Gasteiger partial charge < -0.3 is 14.8 Å². The number of aromatic nitrogens is 1. The number of carboxylic acids is 1. The van der Waals surface area contributed by atoms with E-state index in [1.807, 2.05) is 19.1 Å². The monoisotopic (exact) mass is 428 g/mol. The molecule has 0 bridgehead atoms. The Labute approximate surface area is 179 Å². The van der Waals surface area contributed by atoms with E-state index in [0.717, 1.165) is 33.7 Å². The molecule has 3 heterocycles. The summed E-state index contributed by atoms with van der Waals surface area (Å²) >= 11 is 0. The Morgan fingerprint density at radius 3 is 2.60 bits per heavy atom. The molecule has 0 saturated carbocycles. The minimum Gasteiger partial charge on any atom is -0.548 e. The van der Waals surface area contributed by atoms with Crippen molar-refractivity contribution in [2.24, 2.45) is 5.41 Å². The molecule has 0 radical (unpaired) electrons. The fraction of sp³-hybridized carbons (Fsp3) is 0.478. The second kappa shape index (κ2) is 8.68. The molecule has 2 atom stereocenters. The number of carboxylic acid groups (broad SMARTS) is 1. The second-order valence-corrected chi connectivity index (χ2v) is 10.3. The van der Waals surface area contributed by atoms with E-state index in [-0.39, 0.29) is 23.4 Å². The Balaban J connectivity index is 2.07. The minimum absolute atomic E-state index is 0.150. The molecule has 3 rings (SSSR count). The third-order valence-corrected chi connectivity index (χ3v) is 8.33. The molecule has 0 aromatic carbocycles. The molecular formula is C23H28N2O4S. The Kier molecular flexibility index (Phi) is 6.41. The first-order valence-electron chi connectivity index (χ1n) is 10.3. The van der Waals surface area contributed by atoms with Gasteiger partial charge in [-0.25, -0.2) is 0 Å². The van der Waals surface area contributed by atoms with Crippen molar-refractivity contribution in [3.8, 4) is 11.1 Å². The highest BCUT2D eigenvalue weighted by molar-refractivity contribution is 7.29. The van der Waals surface area contributed by atoms with Crippen LogP contribution in [0.15, 0.2) is 29.9 Å². The molecule has 30 heavy (non-hydrogen) atoms. The maximum Gasteiger partial charge on any atom is 0.291 e. The first-order valence-corrected chi connectivity index (χ1v) is 11.8. The van der Waals surface area contributed by atoms with Crippen molar-refractivity contribution in [3.63, 3.8) is 0 Å². The van der Waals surface area contributed by atoms with Gasteiger partial charge in [-0.2, -0.15) is 0 Å². The SMILES string of the molecule is CCC[s+]1cc(-c2cccnc2)c2c1CN(C(=O)C(=O)C(C)(C)CC)C(C(=O)[O-])C2. The highest BCUT2D eigenvalue weighted by Crippen LogP contribution is 2.44. The van der Waals surface area contributed by atoms with E-state index in [2.05, 4.69) is 17.3 Å². The van der Waals surface area contributed by atoms with Crippen molar-refractivity contribution < 1.29 is 19.5 Å². The van der Waals surface area contributed by atoms with Crippen molar-refractivity contribution in [1.29, 1.82) is 0 Å². The van der Waals surface area contributed by atoms with Crippen LogP contribution in [0, 0.1) is 5.41 Å². The van der Waals surface area contributed by atoms with Crippen molar-refractivity contribution in [1.82, 2.24) is 9.88 Å². The molecule has 160 valence electrons. The van der Waals surface area contributed by atoms with Crippen molar-refractivity contribution >= 4 is 28.1 Å². The van der Waals surface area contributed by atoms with Gasteiger partial charge in [0.2, 0.25) is 5.78 Å². The molecule has 6 nitrogen and oxygen atoms in total. The van der Waals surface area contributed by atoms with E-state index in [4.69, 9.17) is 0 Å². The number of nitrogens with zero attached hydrogens (tertiary/aromatic N) is 2. The number of carbonyl (C=O) groups is 3. The number of hydrogen-bond acceptors (Lipinski definition) is 5. The Morgan fingerprint density at radius 1 is 1.30 bits per heavy atom. The molecular weight excluding hydrogens is 400 g/mol. The highest BCUT2D eigenvalue weighted by atomic mass is 32.2. The third kappa shape index (κ3) is 4.03. The smallest absolute Gasteiger partial charge is 0.291 e. The molecule has 1 amide bonds. The molecule has 0 N–H and O–H groups in total. The average Bonchev–Trinajstić information content (AvgIpc) is 3.10. The molecule has 2 aromatic rings. The van der Waals surface area contributed by atoms with Gasteiger partial charge in [0.15, 0.2) is 4.88 Å². The molecule has 7 heteroatoms. The van der Waals surface area contributed by atoms with Crippen molar-refractivity contribution in [3.05, 3.63) is 40.3 Å². The van der Waals surface area contributed by atoms with E-state index in [0.29, 0.717) is 6.42 Å². The number of aryl methyl sites for hydroxylation is 1. The number of Topliss-reactive ketones (excluding diaryl/α,β-unsaturated/α-hetero) is 1. The molecule has 1 aliphatic rings. The zero-order valence-electron chi connectivity index (χ0n) is 17.9. The number of aliphatic carboxylic acids is 1. The first-order chi connectivity index (χ1) is 14.2. The van der Waals surface area contributed by atoms with Gasteiger partial charge in [-0.05, 0) is 29.4 Å². The summed E-state index contributed by atoms with van der Waals surface area (Å²) in [6.07, 6.45) is 5.09. The average molecular weight is 429 g/mol. The summed E-state index contributed by atoms with van der Waals surface area (Å²) in [4.78, 5) is 44.3. The van der Waals surface area contributed by atoms with Crippen LogP contribution in [0.4, 0.5) is 0 Å². The van der Waals surface area contributed by atoms with Crippen molar-refractivity contribution in [2.45, 2.75) is 65.3 Å². The Morgan fingerprint density at radius 2 is 2.03 bits per heavy atom. The number of thiophene rings is 1. The summed E-state index contributed by atoms with van der Waals surface area (Å²) in [7, 11) is -0.205. The lowest BCUT2D eigenvalue weighted by Gasteiger charge is -2.36. The van der Waals surface area contributed by atoms with Crippen LogP contribution < -0.4 is 5.11 Å². The van der Waals surface area contributed by atoms with E-state index in [9.17, 15) is 19.5 Å². The maximum atomic E-state index is 13.1. The van der Waals surface area contributed by atoms with Crippen LogP contribution in [-0.2, 0) is 33.1 Å². The summed E-state index contributed by atoms with van der Waals surface area (Å²) in [5, 5.41) is 14.2. The van der Waals surface area contributed by atoms with Gasteiger partial charge in [0, 0.05) is 40.9 Å². The third-order valence-electron chi connectivity index (χ3n) is 5.95. The lowest BCUT2D eigenvalue weighted by atomic mass is 9.84. The van der Waals surface area contributed by atoms with Crippen molar-refractivity contribution in [2.75, 3.05) is 0 Å². The molecule has 0 aliphatic carbocycles. The van der Waals surface area contributed by atoms with Gasteiger partial charge in [0.05, 0.1) is 18.6 Å². The quantitative estimate of drug-likeness (QED) is 0.500. The highest BCUT2D eigenvalue weighted by Gasteiger charge is 2.43. The fourth-order valence-electron chi connectivity index (χ4n) is 3.73. The van der Waals surface area contributed by atoms with E-state index < -0.39 is 29.1 Å². The summed E-state index contributed by atoms with van der Waals surface area (Å²) in [6, 6.07) is 2.66. The lowest BCUT2D eigenvalue weighted by Crippen LogP contribution is -2.56. The predicted molar refractivity (Wildman–Crippen MR) is 115 cm³/mol. The van der Waals surface area contributed by atoms with Gasteiger partial charge >= 0.3 is 0 Å². The van der Waals surface area contributed by atoms with E-state index in [1.54, 1.807) is 26.2 Å². The lowest BCUT2D eigenvalue weighted by molar-refractivity contribution is -0.311. The minimum atomic E-state index is -1.33. The Hall–Kier alpha value is -2.54. The molecule has 2 aromatic heterocycles. The summed E-state index contributed by atoms with van der Waals surface area (Å²) in [6.45, 7) is 7.54. The number of amides is 1. The fourth-order valence-corrected chi connectivity index (χ4v) is 6.06. The zero-order valence-corrected chi connectivity index (χ0v) is 18.8. The molecule has 2 unspecified atom stereocenters. The summed E-state index contributed by atoms with van der Waals surface area (Å²) in [5.74, 6) is -1.67. The number of fused-ring (bicyclic) bond motifs is 1. The van der Waals surface area contributed by atoms with Gasteiger partial charge in [-0.1, -0.05) is 33.8 Å². The van der Waals surface area contributed by atoms with E-state index in [1.165, 1.54) is 4.90 Å². The predicted octanol–water partition coefficient (Wildman–Crippen LogP) is 2.92. The summed E-state index contributed by atoms with van der Waals surface area (Å²) < 4.78 is 0. The first kappa shape index (κ1) is 22.2. The van der Waals surface area contributed by atoms with Crippen LogP contribution in [-0.4, -0.2) is 33.6 Å². The van der Waals surface area contributed by atoms with Gasteiger partial charge in [0.25, 0.3) is 5.91 Å². The topological polar surface area (TPSA) is 90.4 Å². The number of carbonyl (C=O) groups excluding carboxylic acids is 3.